The van der Waals surface area contributed by atoms with Crippen LogP contribution in [-0.4, -0.2) is 48.1 Å². The third-order valence-corrected chi connectivity index (χ3v) is 5.12. The molecule has 3 rings (SSSR count). The van der Waals surface area contributed by atoms with Gasteiger partial charge in [0.2, 0.25) is 0 Å². The van der Waals surface area contributed by atoms with Crippen LogP contribution < -0.4 is 10.2 Å². The molecule has 5 heteroatoms. The summed E-state index contributed by atoms with van der Waals surface area (Å²) in [6.07, 6.45) is 4.55. The number of hydrogen-bond acceptors (Lipinski definition) is 4. The van der Waals surface area contributed by atoms with Gasteiger partial charge in [-0.25, -0.2) is 4.98 Å². The van der Waals surface area contributed by atoms with Crippen molar-refractivity contribution >= 4 is 21.7 Å². The van der Waals surface area contributed by atoms with Gasteiger partial charge >= 0.3 is 0 Å². The Kier molecular flexibility index (Phi) is 4.26. The quantitative estimate of drug-likeness (QED) is 0.902. The summed E-state index contributed by atoms with van der Waals surface area (Å²) in [6.45, 7) is 8.68. The number of aromatic nitrogens is 1. The zero-order chi connectivity index (χ0) is 15.0. The molecule has 1 saturated heterocycles. The SMILES string of the molecule is CN1CCN(c2ncc(Br)cc2CNC2CC2)CC1(C)C. The van der Waals surface area contributed by atoms with Gasteiger partial charge in [0.05, 0.1) is 0 Å². The van der Waals surface area contributed by atoms with Gasteiger partial charge in [0, 0.05) is 54.0 Å². The van der Waals surface area contributed by atoms with E-state index in [0.717, 1.165) is 42.5 Å². The highest BCUT2D eigenvalue weighted by molar-refractivity contribution is 9.10. The topological polar surface area (TPSA) is 31.4 Å². The van der Waals surface area contributed by atoms with Crippen LogP contribution in [0.1, 0.15) is 32.3 Å². The van der Waals surface area contributed by atoms with Crippen molar-refractivity contribution in [3.63, 3.8) is 0 Å². The largest absolute Gasteiger partial charge is 0.353 e. The highest BCUT2D eigenvalue weighted by atomic mass is 79.9. The average Bonchev–Trinajstić information content (AvgIpc) is 3.24. The van der Waals surface area contributed by atoms with E-state index in [9.17, 15) is 0 Å². The molecule has 1 aliphatic heterocycles. The molecule has 0 radical (unpaired) electrons. The normalized spacial score (nSPS) is 22.6. The van der Waals surface area contributed by atoms with Crippen molar-refractivity contribution in [3.05, 3.63) is 22.3 Å². The van der Waals surface area contributed by atoms with Crippen LogP contribution in [0, 0.1) is 0 Å². The second-order valence-corrected chi connectivity index (χ2v) is 7.86. The molecule has 1 aromatic heterocycles. The minimum atomic E-state index is 0.189. The molecule has 1 N–H and O–H groups in total. The Morgan fingerprint density at radius 1 is 1.38 bits per heavy atom. The smallest absolute Gasteiger partial charge is 0.133 e. The van der Waals surface area contributed by atoms with E-state index in [4.69, 9.17) is 4.98 Å². The maximum absolute atomic E-state index is 4.71. The summed E-state index contributed by atoms with van der Waals surface area (Å²) < 4.78 is 1.06. The summed E-state index contributed by atoms with van der Waals surface area (Å²) in [7, 11) is 2.21. The lowest BCUT2D eigenvalue weighted by atomic mass is 9.99. The second kappa shape index (κ2) is 5.86. The van der Waals surface area contributed by atoms with Gasteiger partial charge in [0.25, 0.3) is 0 Å². The molecular weight excluding hydrogens is 328 g/mol. The summed E-state index contributed by atoms with van der Waals surface area (Å²) in [6, 6.07) is 2.93. The molecule has 0 bridgehead atoms. The molecule has 0 amide bonds. The monoisotopic (exact) mass is 352 g/mol. The number of halogens is 1. The lowest BCUT2D eigenvalue weighted by Crippen LogP contribution is -2.58. The number of piperazine rings is 1. The predicted octanol–water partition coefficient (Wildman–Crippen LogP) is 2.63. The van der Waals surface area contributed by atoms with Gasteiger partial charge in [-0.1, -0.05) is 0 Å². The molecule has 2 aliphatic rings. The van der Waals surface area contributed by atoms with E-state index in [-0.39, 0.29) is 5.54 Å². The molecule has 0 unspecified atom stereocenters. The van der Waals surface area contributed by atoms with E-state index in [2.05, 4.69) is 58.0 Å². The molecule has 21 heavy (non-hydrogen) atoms. The van der Waals surface area contributed by atoms with E-state index in [0.29, 0.717) is 0 Å². The number of nitrogens with zero attached hydrogens (tertiary/aromatic N) is 3. The van der Waals surface area contributed by atoms with Crippen LogP contribution in [0.4, 0.5) is 5.82 Å². The van der Waals surface area contributed by atoms with Crippen molar-refractivity contribution < 1.29 is 0 Å². The highest BCUT2D eigenvalue weighted by Gasteiger charge is 2.32. The Balaban J connectivity index is 1.79. The fourth-order valence-electron chi connectivity index (χ4n) is 2.85. The molecule has 1 aliphatic carbocycles. The lowest BCUT2D eigenvalue weighted by Gasteiger charge is -2.46. The van der Waals surface area contributed by atoms with Crippen LogP contribution in [0.3, 0.4) is 0 Å². The van der Waals surface area contributed by atoms with Gasteiger partial charge < -0.3 is 10.2 Å². The van der Waals surface area contributed by atoms with Gasteiger partial charge in [0.1, 0.15) is 5.82 Å². The van der Waals surface area contributed by atoms with E-state index in [1.807, 2.05) is 6.20 Å². The van der Waals surface area contributed by atoms with Crippen molar-refractivity contribution in [2.45, 2.75) is 44.8 Å². The van der Waals surface area contributed by atoms with Crippen molar-refractivity contribution in [2.24, 2.45) is 0 Å². The number of pyridine rings is 1. The summed E-state index contributed by atoms with van der Waals surface area (Å²) in [5.41, 5.74) is 1.49. The Morgan fingerprint density at radius 3 is 2.81 bits per heavy atom. The minimum absolute atomic E-state index is 0.189. The zero-order valence-electron chi connectivity index (χ0n) is 13.2. The van der Waals surface area contributed by atoms with E-state index in [1.54, 1.807) is 0 Å². The molecular formula is C16H25BrN4. The molecule has 2 fully saturated rings. The molecule has 0 spiro atoms. The van der Waals surface area contributed by atoms with Gasteiger partial charge in [-0.2, -0.15) is 0 Å². The highest BCUT2D eigenvalue weighted by Crippen LogP contribution is 2.28. The van der Waals surface area contributed by atoms with Gasteiger partial charge in [-0.3, -0.25) is 4.90 Å². The van der Waals surface area contributed by atoms with Crippen LogP contribution >= 0.6 is 15.9 Å². The summed E-state index contributed by atoms with van der Waals surface area (Å²) in [5.74, 6) is 1.15. The molecule has 1 aromatic rings. The zero-order valence-corrected chi connectivity index (χ0v) is 14.8. The van der Waals surface area contributed by atoms with E-state index < -0.39 is 0 Å². The molecule has 0 atom stereocenters. The summed E-state index contributed by atoms with van der Waals surface area (Å²) in [4.78, 5) is 9.59. The first-order valence-electron chi connectivity index (χ1n) is 7.80. The van der Waals surface area contributed by atoms with Crippen LogP contribution in [0.2, 0.25) is 0 Å². The summed E-state index contributed by atoms with van der Waals surface area (Å²) >= 11 is 3.56. The number of anilines is 1. The molecule has 4 nitrogen and oxygen atoms in total. The molecule has 1 saturated carbocycles. The maximum Gasteiger partial charge on any atom is 0.133 e. The van der Waals surface area contributed by atoms with E-state index >= 15 is 0 Å². The number of nitrogens with one attached hydrogen (secondary N) is 1. The first-order chi connectivity index (χ1) is 9.95. The second-order valence-electron chi connectivity index (χ2n) is 6.95. The third kappa shape index (κ3) is 3.58. The number of likely N-dealkylation sites (N-methyl/N-ethyl adjacent to an activating group) is 1. The van der Waals surface area contributed by atoms with Crippen LogP contribution in [0.15, 0.2) is 16.7 Å². The molecule has 116 valence electrons. The van der Waals surface area contributed by atoms with Crippen LogP contribution in [-0.2, 0) is 6.54 Å². The van der Waals surface area contributed by atoms with E-state index in [1.165, 1.54) is 18.4 Å². The molecule has 2 heterocycles. The Labute approximate surface area is 136 Å². The predicted molar refractivity (Wildman–Crippen MR) is 90.7 cm³/mol. The Bertz CT molecular complexity index is 513. The fraction of sp³-hybridized carbons (Fsp3) is 0.688. The standard InChI is InChI=1S/C16H25BrN4/c1-16(2)11-21(7-6-20(16)3)15-12(8-13(17)10-19-15)9-18-14-4-5-14/h8,10,14,18H,4-7,9,11H2,1-3H3. The van der Waals surface area contributed by atoms with Gasteiger partial charge in [0.15, 0.2) is 0 Å². The third-order valence-electron chi connectivity index (χ3n) is 4.68. The van der Waals surface area contributed by atoms with Crippen LogP contribution in [0.25, 0.3) is 0 Å². The van der Waals surface area contributed by atoms with Crippen molar-refractivity contribution in [1.29, 1.82) is 0 Å². The van der Waals surface area contributed by atoms with Crippen molar-refractivity contribution in [2.75, 3.05) is 31.6 Å². The van der Waals surface area contributed by atoms with Gasteiger partial charge in [-0.15, -0.1) is 0 Å². The lowest BCUT2D eigenvalue weighted by molar-refractivity contribution is 0.138. The van der Waals surface area contributed by atoms with Gasteiger partial charge in [-0.05, 0) is 55.7 Å². The Hall–Kier alpha value is -0.650. The van der Waals surface area contributed by atoms with Crippen LogP contribution in [0.5, 0.6) is 0 Å². The summed E-state index contributed by atoms with van der Waals surface area (Å²) in [5, 5.41) is 3.61. The average molecular weight is 353 g/mol. The fourth-order valence-corrected chi connectivity index (χ4v) is 3.23. The van der Waals surface area contributed by atoms with Crippen molar-refractivity contribution in [3.8, 4) is 0 Å². The van der Waals surface area contributed by atoms with Crippen molar-refractivity contribution in [1.82, 2.24) is 15.2 Å². The molecule has 0 aromatic carbocycles. The number of rotatable bonds is 4. The maximum atomic E-state index is 4.71. The minimum Gasteiger partial charge on any atom is -0.353 e. The number of hydrogen-bond donors (Lipinski definition) is 1. The Morgan fingerprint density at radius 2 is 2.14 bits per heavy atom. The first kappa shape index (κ1) is 15.3. The first-order valence-corrected chi connectivity index (χ1v) is 8.59.